The Balaban J connectivity index is 1.89. The molecule has 2 aromatic rings. The Morgan fingerprint density at radius 3 is 2.55 bits per heavy atom. The lowest BCUT2D eigenvalue weighted by molar-refractivity contribution is 0.259. The van der Waals surface area contributed by atoms with E-state index < -0.39 is 0 Å². The van der Waals surface area contributed by atoms with Crippen LogP contribution >= 0.6 is 22.7 Å². The van der Waals surface area contributed by atoms with E-state index in [9.17, 15) is 0 Å². The lowest BCUT2D eigenvalue weighted by Gasteiger charge is -2.23. The highest BCUT2D eigenvalue weighted by molar-refractivity contribution is 7.12. The minimum absolute atomic E-state index is 0.481. The van der Waals surface area contributed by atoms with E-state index in [1.165, 1.54) is 14.6 Å². The summed E-state index contributed by atoms with van der Waals surface area (Å²) in [6, 6.07) is 9.89. The van der Waals surface area contributed by atoms with Crippen LogP contribution in [0.1, 0.15) is 41.4 Å². The third kappa shape index (κ3) is 4.42. The van der Waals surface area contributed by atoms with Crippen LogP contribution in [-0.4, -0.2) is 18.0 Å². The molecule has 1 N–H and O–H groups in total. The molecule has 0 saturated heterocycles. The minimum atomic E-state index is 0.481. The molecular weight excluding hydrogens is 284 g/mol. The fourth-order valence-electron chi connectivity index (χ4n) is 2.04. The van der Waals surface area contributed by atoms with Crippen molar-refractivity contribution in [1.29, 1.82) is 0 Å². The average molecular weight is 309 g/mol. The molecule has 0 aromatic carbocycles. The average Bonchev–Trinajstić information content (AvgIpc) is 3.06. The number of nitrogens with zero attached hydrogens (tertiary/aromatic N) is 1. The van der Waals surface area contributed by atoms with Crippen molar-refractivity contribution in [2.24, 2.45) is 0 Å². The van der Waals surface area contributed by atoms with Crippen LogP contribution in [0, 0.1) is 0 Å². The van der Waals surface area contributed by atoms with Crippen LogP contribution in [0.15, 0.2) is 29.6 Å². The normalized spacial score (nSPS) is 13.3. The highest BCUT2D eigenvalue weighted by Crippen LogP contribution is 2.26. The van der Waals surface area contributed by atoms with Crippen molar-refractivity contribution in [3.63, 3.8) is 0 Å². The van der Waals surface area contributed by atoms with Gasteiger partial charge in [0.15, 0.2) is 0 Å². The molecule has 0 amide bonds. The molecule has 0 spiro atoms. The standard InChI is InChI=1S/C16H24N2S2/c1-12(2)17-10-14-7-8-15(20-14)11-18(4)13(3)16-6-5-9-19-16/h5-9,12-13,17H,10-11H2,1-4H3. The van der Waals surface area contributed by atoms with E-state index in [1.54, 1.807) is 0 Å². The van der Waals surface area contributed by atoms with E-state index in [4.69, 9.17) is 0 Å². The van der Waals surface area contributed by atoms with E-state index in [0.29, 0.717) is 12.1 Å². The van der Waals surface area contributed by atoms with Gasteiger partial charge in [0, 0.05) is 39.8 Å². The molecule has 2 rings (SSSR count). The summed E-state index contributed by atoms with van der Waals surface area (Å²) in [5.74, 6) is 0. The SMILES string of the molecule is CC(C)NCc1ccc(CN(C)C(C)c2cccs2)s1. The second kappa shape index (κ2) is 7.36. The Labute approximate surface area is 130 Å². The summed E-state index contributed by atoms with van der Waals surface area (Å²) >= 11 is 3.76. The molecule has 0 aliphatic carbocycles. The van der Waals surface area contributed by atoms with Gasteiger partial charge in [0.1, 0.15) is 0 Å². The van der Waals surface area contributed by atoms with Crippen LogP contribution in [0.3, 0.4) is 0 Å². The number of nitrogens with one attached hydrogen (secondary N) is 1. The first-order valence-electron chi connectivity index (χ1n) is 7.11. The summed E-state index contributed by atoms with van der Waals surface area (Å²) in [5.41, 5.74) is 0. The monoisotopic (exact) mass is 308 g/mol. The molecule has 4 heteroatoms. The van der Waals surface area contributed by atoms with Gasteiger partial charge in [-0.2, -0.15) is 0 Å². The van der Waals surface area contributed by atoms with Gasteiger partial charge < -0.3 is 5.32 Å². The molecule has 2 aromatic heterocycles. The highest BCUT2D eigenvalue weighted by atomic mass is 32.1. The van der Waals surface area contributed by atoms with Gasteiger partial charge in [-0.15, -0.1) is 22.7 Å². The van der Waals surface area contributed by atoms with Crippen molar-refractivity contribution < 1.29 is 0 Å². The van der Waals surface area contributed by atoms with Crippen molar-refractivity contribution in [1.82, 2.24) is 10.2 Å². The first-order valence-corrected chi connectivity index (χ1v) is 8.80. The van der Waals surface area contributed by atoms with E-state index in [-0.39, 0.29) is 0 Å². The second-order valence-corrected chi connectivity index (χ2v) is 7.74. The zero-order chi connectivity index (χ0) is 14.5. The molecule has 0 radical (unpaired) electrons. The lowest BCUT2D eigenvalue weighted by Crippen LogP contribution is -2.21. The van der Waals surface area contributed by atoms with Gasteiger partial charge in [0.05, 0.1) is 0 Å². The predicted molar refractivity (Wildman–Crippen MR) is 90.5 cm³/mol. The van der Waals surface area contributed by atoms with E-state index in [2.05, 4.69) is 67.7 Å². The Morgan fingerprint density at radius 2 is 1.90 bits per heavy atom. The maximum absolute atomic E-state index is 3.47. The molecule has 1 atom stereocenters. The summed E-state index contributed by atoms with van der Waals surface area (Å²) in [6.45, 7) is 8.65. The third-order valence-corrected chi connectivity index (χ3v) is 5.54. The van der Waals surface area contributed by atoms with Gasteiger partial charge in [-0.25, -0.2) is 0 Å². The van der Waals surface area contributed by atoms with E-state index in [0.717, 1.165) is 13.1 Å². The van der Waals surface area contributed by atoms with Crippen LogP contribution in [0.2, 0.25) is 0 Å². The quantitative estimate of drug-likeness (QED) is 0.810. The van der Waals surface area contributed by atoms with Gasteiger partial charge >= 0.3 is 0 Å². The topological polar surface area (TPSA) is 15.3 Å². The fraction of sp³-hybridized carbons (Fsp3) is 0.500. The maximum atomic E-state index is 3.47. The molecule has 0 bridgehead atoms. The van der Waals surface area contributed by atoms with E-state index >= 15 is 0 Å². The summed E-state index contributed by atoms with van der Waals surface area (Å²) in [4.78, 5) is 6.71. The first kappa shape index (κ1) is 15.7. The van der Waals surface area contributed by atoms with Gasteiger partial charge in [-0.3, -0.25) is 4.90 Å². The van der Waals surface area contributed by atoms with E-state index in [1.807, 2.05) is 22.7 Å². The Kier molecular flexibility index (Phi) is 5.78. The molecule has 0 saturated carbocycles. The van der Waals surface area contributed by atoms with Crippen molar-refractivity contribution in [3.05, 3.63) is 44.3 Å². The summed E-state index contributed by atoms with van der Waals surface area (Å²) < 4.78 is 0. The van der Waals surface area contributed by atoms with Crippen LogP contribution in [0.25, 0.3) is 0 Å². The molecule has 20 heavy (non-hydrogen) atoms. The molecule has 110 valence electrons. The van der Waals surface area contributed by atoms with Crippen LogP contribution in [0.4, 0.5) is 0 Å². The fourth-order valence-corrected chi connectivity index (χ4v) is 3.92. The number of hydrogen-bond donors (Lipinski definition) is 1. The van der Waals surface area contributed by atoms with Gasteiger partial charge in [-0.05, 0) is 37.6 Å². The molecule has 2 nitrogen and oxygen atoms in total. The van der Waals surface area contributed by atoms with Crippen molar-refractivity contribution in [2.45, 2.75) is 45.9 Å². The maximum Gasteiger partial charge on any atom is 0.0414 e. The summed E-state index contributed by atoms with van der Waals surface area (Å²) in [5, 5.41) is 5.63. The molecule has 2 heterocycles. The van der Waals surface area contributed by atoms with Crippen molar-refractivity contribution in [2.75, 3.05) is 7.05 Å². The van der Waals surface area contributed by atoms with Crippen LogP contribution in [0.5, 0.6) is 0 Å². The van der Waals surface area contributed by atoms with Crippen LogP contribution in [-0.2, 0) is 13.1 Å². The molecule has 0 fully saturated rings. The Hall–Kier alpha value is -0.680. The summed E-state index contributed by atoms with van der Waals surface area (Å²) in [6.07, 6.45) is 0. The molecule has 1 unspecified atom stereocenters. The number of hydrogen-bond acceptors (Lipinski definition) is 4. The van der Waals surface area contributed by atoms with Crippen LogP contribution < -0.4 is 5.32 Å². The van der Waals surface area contributed by atoms with Gasteiger partial charge in [-0.1, -0.05) is 19.9 Å². The van der Waals surface area contributed by atoms with Gasteiger partial charge in [0.2, 0.25) is 0 Å². The highest BCUT2D eigenvalue weighted by Gasteiger charge is 2.13. The largest absolute Gasteiger partial charge is 0.310 e. The number of thiophene rings is 2. The number of rotatable bonds is 7. The smallest absolute Gasteiger partial charge is 0.0414 e. The zero-order valence-corrected chi connectivity index (χ0v) is 14.4. The Morgan fingerprint density at radius 1 is 1.15 bits per heavy atom. The molecular formula is C16H24N2S2. The first-order chi connectivity index (χ1) is 9.56. The predicted octanol–water partition coefficient (Wildman–Crippen LogP) is 4.50. The minimum Gasteiger partial charge on any atom is -0.310 e. The van der Waals surface area contributed by atoms with Gasteiger partial charge in [0.25, 0.3) is 0 Å². The molecule has 0 aliphatic heterocycles. The Bertz CT molecular complexity index is 502. The zero-order valence-electron chi connectivity index (χ0n) is 12.7. The van der Waals surface area contributed by atoms with Crippen molar-refractivity contribution >= 4 is 22.7 Å². The lowest BCUT2D eigenvalue weighted by atomic mass is 10.2. The summed E-state index contributed by atoms with van der Waals surface area (Å²) in [7, 11) is 2.20. The second-order valence-electron chi connectivity index (χ2n) is 5.51. The third-order valence-electron chi connectivity index (χ3n) is 3.42. The molecule has 0 aliphatic rings. The van der Waals surface area contributed by atoms with Crippen molar-refractivity contribution in [3.8, 4) is 0 Å².